The summed E-state index contributed by atoms with van der Waals surface area (Å²) in [7, 11) is 4.00. The maximum Gasteiger partial charge on any atom is 0.251 e. The van der Waals surface area contributed by atoms with Crippen molar-refractivity contribution in [2.75, 3.05) is 44.9 Å². The van der Waals surface area contributed by atoms with Crippen molar-refractivity contribution < 1.29 is 4.79 Å². The van der Waals surface area contributed by atoms with Gasteiger partial charge in [0.25, 0.3) is 5.91 Å². The molecular weight excluding hydrogens is 366 g/mol. The van der Waals surface area contributed by atoms with Crippen LogP contribution in [0.25, 0.3) is 0 Å². The average Bonchev–Trinajstić information content (AvgIpc) is 2.73. The third kappa shape index (κ3) is 5.52. The van der Waals surface area contributed by atoms with Crippen LogP contribution in [0.4, 0.5) is 5.69 Å². The summed E-state index contributed by atoms with van der Waals surface area (Å²) in [4.78, 5) is 18.3. The van der Waals surface area contributed by atoms with Crippen LogP contribution in [-0.2, 0) is 6.54 Å². The number of hydrogen-bond donors (Lipinski definition) is 1. The number of benzene rings is 2. The molecule has 0 aromatic heterocycles. The third-order valence-corrected chi connectivity index (χ3v) is 6.33. The van der Waals surface area contributed by atoms with Gasteiger partial charge in [0.05, 0.1) is 0 Å². The Hall–Kier alpha value is -1.98. The summed E-state index contributed by atoms with van der Waals surface area (Å²) in [5.41, 5.74) is 3.26. The molecule has 1 saturated heterocycles. The zero-order valence-corrected chi connectivity index (χ0v) is 18.0. The van der Waals surface area contributed by atoms with Gasteiger partial charge in [-0.25, -0.2) is 0 Å². The van der Waals surface area contributed by atoms with E-state index in [-0.39, 0.29) is 5.91 Å². The number of piperidine rings is 1. The highest BCUT2D eigenvalue weighted by molar-refractivity contribution is 7.98. The van der Waals surface area contributed by atoms with Crippen LogP contribution in [-0.4, -0.2) is 50.8 Å². The van der Waals surface area contributed by atoms with E-state index in [1.807, 2.05) is 55.0 Å². The number of carbonyl (C=O) groups is 1. The van der Waals surface area contributed by atoms with Crippen LogP contribution in [0, 0.1) is 5.92 Å². The number of rotatable bonds is 7. The normalized spacial score (nSPS) is 15.4. The Labute approximate surface area is 173 Å². The van der Waals surface area contributed by atoms with Crippen molar-refractivity contribution in [3.63, 3.8) is 0 Å². The Balaban J connectivity index is 1.43. The Morgan fingerprint density at radius 1 is 1.11 bits per heavy atom. The zero-order chi connectivity index (χ0) is 19.9. The molecule has 2 aromatic carbocycles. The van der Waals surface area contributed by atoms with E-state index in [4.69, 9.17) is 0 Å². The molecule has 3 rings (SSSR count). The van der Waals surface area contributed by atoms with Gasteiger partial charge in [0, 0.05) is 43.3 Å². The van der Waals surface area contributed by atoms with Gasteiger partial charge in [-0.05, 0) is 74.0 Å². The molecule has 0 atom stereocenters. The largest absolute Gasteiger partial charge is 0.378 e. The number of hydrogen-bond acceptors (Lipinski definition) is 4. The molecular formula is C23H31N3OS. The Morgan fingerprint density at radius 2 is 1.79 bits per heavy atom. The van der Waals surface area contributed by atoms with Crippen molar-refractivity contribution in [1.29, 1.82) is 0 Å². The molecule has 1 aliphatic rings. The van der Waals surface area contributed by atoms with Crippen molar-refractivity contribution in [2.24, 2.45) is 5.92 Å². The van der Waals surface area contributed by atoms with Gasteiger partial charge in [0.15, 0.2) is 0 Å². The second-order valence-corrected chi connectivity index (χ2v) is 8.53. The lowest BCUT2D eigenvalue weighted by Crippen LogP contribution is -2.38. The summed E-state index contributed by atoms with van der Waals surface area (Å²) in [6, 6.07) is 16.4. The van der Waals surface area contributed by atoms with Crippen LogP contribution in [0.1, 0.15) is 28.8 Å². The highest BCUT2D eigenvalue weighted by atomic mass is 32.2. The highest BCUT2D eigenvalue weighted by Crippen LogP contribution is 2.24. The lowest BCUT2D eigenvalue weighted by atomic mass is 9.96. The summed E-state index contributed by atoms with van der Waals surface area (Å²) in [5.74, 6) is 0.596. The molecule has 0 saturated carbocycles. The van der Waals surface area contributed by atoms with Crippen molar-refractivity contribution in [1.82, 2.24) is 10.2 Å². The summed E-state index contributed by atoms with van der Waals surface area (Å²) < 4.78 is 0. The Bertz CT molecular complexity index is 768. The molecule has 1 N–H and O–H groups in total. The topological polar surface area (TPSA) is 35.6 Å². The molecule has 1 amide bonds. The van der Waals surface area contributed by atoms with E-state index < -0.39 is 0 Å². The molecule has 1 fully saturated rings. The molecule has 5 heteroatoms. The number of thioether (sulfide) groups is 1. The maximum atomic E-state index is 12.4. The van der Waals surface area contributed by atoms with Crippen molar-refractivity contribution in [3.05, 3.63) is 59.7 Å². The molecule has 0 spiro atoms. The van der Waals surface area contributed by atoms with E-state index in [1.165, 1.54) is 10.5 Å². The summed E-state index contributed by atoms with van der Waals surface area (Å²) >= 11 is 1.82. The number of nitrogens with zero attached hydrogens (tertiary/aromatic N) is 2. The lowest BCUT2D eigenvalue weighted by Gasteiger charge is -2.32. The van der Waals surface area contributed by atoms with Crippen molar-refractivity contribution >= 4 is 23.4 Å². The minimum Gasteiger partial charge on any atom is -0.378 e. The van der Waals surface area contributed by atoms with E-state index in [0.29, 0.717) is 5.92 Å². The number of likely N-dealkylation sites (tertiary alicyclic amines) is 1. The fourth-order valence-electron chi connectivity index (χ4n) is 3.67. The van der Waals surface area contributed by atoms with Gasteiger partial charge in [0.1, 0.15) is 0 Å². The monoisotopic (exact) mass is 397 g/mol. The molecule has 1 aliphatic heterocycles. The van der Waals surface area contributed by atoms with E-state index >= 15 is 0 Å². The van der Waals surface area contributed by atoms with Crippen molar-refractivity contribution in [2.45, 2.75) is 24.3 Å². The van der Waals surface area contributed by atoms with Gasteiger partial charge in [-0.15, -0.1) is 11.8 Å². The van der Waals surface area contributed by atoms with Crippen LogP contribution in [0.2, 0.25) is 0 Å². The van der Waals surface area contributed by atoms with Crippen molar-refractivity contribution in [3.8, 4) is 0 Å². The fourth-order valence-corrected chi connectivity index (χ4v) is 4.28. The second kappa shape index (κ2) is 9.99. The molecule has 2 aromatic rings. The number of carbonyl (C=O) groups excluding carboxylic acids is 1. The van der Waals surface area contributed by atoms with E-state index in [9.17, 15) is 4.79 Å². The second-order valence-electron chi connectivity index (χ2n) is 7.68. The highest BCUT2D eigenvalue weighted by Gasteiger charge is 2.20. The van der Waals surface area contributed by atoms with Crippen LogP contribution < -0.4 is 10.2 Å². The van der Waals surface area contributed by atoms with Crippen LogP contribution in [0.15, 0.2) is 53.4 Å². The molecule has 0 bridgehead atoms. The molecule has 1 heterocycles. The van der Waals surface area contributed by atoms with Gasteiger partial charge in [-0.1, -0.05) is 18.2 Å². The van der Waals surface area contributed by atoms with Gasteiger partial charge in [-0.2, -0.15) is 0 Å². The summed E-state index contributed by atoms with van der Waals surface area (Å²) in [5, 5.41) is 3.13. The maximum absolute atomic E-state index is 12.4. The molecule has 0 radical (unpaired) electrons. The molecule has 0 unspecified atom stereocenters. The minimum atomic E-state index is 0.0293. The Kier molecular flexibility index (Phi) is 7.40. The van der Waals surface area contributed by atoms with E-state index in [0.717, 1.165) is 50.3 Å². The smallest absolute Gasteiger partial charge is 0.251 e. The lowest BCUT2D eigenvalue weighted by molar-refractivity contribution is 0.0935. The van der Waals surface area contributed by atoms with Crippen LogP contribution in [0.5, 0.6) is 0 Å². The first-order chi connectivity index (χ1) is 13.6. The van der Waals surface area contributed by atoms with E-state index in [1.54, 1.807) is 0 Å². The molecule has 150 valence electrons. The fraction of sp³-hybridized carbons (Fsp3) is 0.435. The molecule has 0 aliphatic carbocycles. The zero-order valence-electron chi connectivity index (χ0n) is 17.1. The predicted molar refractivity (Wildman–Crippen MR) is 119 cm³/mol. The quantitative estimate of drug-likeness (QED) is 0.713. The predicted octanol–water partition coefficient (Wildman–Crippen LogP) is 4.12. The number of nitrogens with one attached hydrogen (secondary N) is 1. The van der Waals surface area contributed by atoms with E-state index in [2.05, 4.69) is 40.7 Å². The standard InChI is InChI=1S/C23H31N3OS/c1-25(2)21-10-8-19(9-11-21)23(27)24-16-18-12-14-26(15-13-18)17-20-6-4-5-7-22(20)28-3/h4-11,18H,12-17H2,1-3H3,(H,24,27). The Morgan fingerprint density at radius 3 is 2.43 bits per heavy atom. The SMILES string of the molecule is CSc1ccccc1CN1CCC(CNC(=O)c2ccc(N(C)C)cc2)CC1. The first-order valence-electron chi connectivity index (χ1n) is 9.96. The average molecular weight is 398 g/mol. The third-order valence-electron chi connectivity index (χ3n) is 5.49. The van der Waals surface area contributed by atoms with Crippen LogP contribution in [0.3, 0.4) is 0 Å². The first-order valence-corrected chi connectivity index (χ1v) is 11.2. The number of anilines is 1. The summed E-state index contributed by atoms with van der Waals surface area (Å²) in [6.45, 7) is 3.99. The van der Waals surface area contributed by atoms with Gasteiger partial charge >= 0.3 is 0 Å². The number of amides is 1. The van der Waals surface area contributed by atoms with Gasteiger partial charge in [0.2, 0.25) is 0 Å². The van der Waals surface area contributed by atoms with Crippen LogP contribution >= 0.6 is 11.8 Å². The first kappa shape index (κ1) is 20.7. The molecule has 28 heavy (non-hydrogen) atoms. The molecule has 4 nitrogen and oxygen atoms in total. The minimum absolute atomic E-state index is 0.0293. The van der Waals surface area contributed by atoms with Gasteiger partial charge in [-0.3, -0.25) is 9.69 Å². The summed E-state index contributed by atoms with van der Waals surface area (Å²) in [6.07, 6.45) is 4.42. The van der Waals surface area contributed by atoms with Gasteiger partial charge < -0.3 is 10.2 Å².